The van der Waals surface area contributed by atoms with Gasteiger partial charge in [0.2, 0.25) is 0 Å². The Morgan fingerprint density at radius 1 is 1.27 bits per heavy atom. The maximum Gasteiger partial charge on any atom is 0.397 e. The lowest BCUT2D eigenvalue weighted by molar-refractivity contribution is 0.209. The van der Waals surface area contributed by atoms with Crippen LogP contribution in [0.25, 0.3) is 0 Å². The Hall–Kier alpha value is -0.220. The lowest BCUT2D eigenvalue weighted by Crippen LogP contribution is -2.09. The van der Waals surface area contributed by atoms with E-state index in [-0.39, 0.29) is 0 Å². The number of hydrogen-bond acceptors (Lipinski definition) is 6. The number of rotatable bonds is 5. The van der Waals surface area contributed by atoms with Crippen molar-refractivity contribution in [3.63, 3.8) is 0 Å². The van der Waals surface area contributed by atoms with E-state index in [0.717, 1.165) is 0 Å². The summed E-state index contributed by atoms with van der Waals surface area (Å²) >= 11 is 0. The highest BCUT2D eigenvalue weighted by Crippen LogP contribution is 1.85. The average Bonchev–Trinajstić information content (AvgIpc) is 1.78. The van der Waals surface area contributed by atoms with Crippen molar-refractivity contribution in [1.82, 2.24) is 0 Å². The molecule has 11 heavy (non-hydrogen) atoms. The van der Waals surface area contributed by atoms with Crippen LogP contribution in [0.3, 0.4) is 0 Å². The van der Waals surface area contributed by atoms with Crippen molar-refractivity contribution < 1.29 is 29.8 Å². The highest BCUT2D eigenvalue weighted by atomic mass is 32.3. The summed E-state index contributed by atoms with van der Waals surface area (Å²) in [6.07, 6.45) is 0. The fourth-order valence-corrected chi connectivity index (χ4v) is 0.753. The molecule has 0 aromatic heterocycles. The Morgan fingerprint density at radius 3 is 2.18 bits per heavy atom. The second-order valence-corrected chi connectivity index (χ2v) is 3.10. The molecule has 0 saturated carbocycles. The van der Waals surface area contributed by atoms with Crippen molar-refractivity contribution in [2.45, 2.75) is 0 Å². The summed E-state index contributed by atoms with van der Waals surface area (Å²) in [7, 11) is -7.50. The van der Waals surface area contributed by atoms with Gasteiger partial charge in [-0.25, -0.2) is 12.6 Å². The van der Waals surface area contributed by atoms with Gasteiger partial charge in [-0.15, -0.1) is 0 Å². The van der Waals surface area contributed by atoms with E-state index in [9.17, 15) is 16.8 Å². The first kappa shape index (κ1) is 10.8. The normalized spacial score (nSPS) is 12.2. The second-order valence-electron chi connectivity index (χ2n) is 1.31. The van der Waals surface area contributed by atoms with E-state index in [0.29, 0.717) is 0 Å². The van der Waals surface area contributed by atoms with Crippen LogP contribution in [0, 0.1) is 0 Å². The molecular formula is C2H6O7S2. The minimum Gasteiger partial charge on any atom is -0.270 e. The predicted octanol–water partition coefficient (Wildman–Crippen LogP) is -1.65. The van der Waals surface area contributed by atoms with E-state index in [4.69, 9.17) is 4.55 Å². The molecule has 0 spiro atoms. The molecule has 0 saturated heterocycles. The van der Waals surface area contributed by atoms with Crippen molar-refractivity contribution in [3.8, 4) is 0 Å². The third kappa shape index (κ3) is 9.78. The van der Waals surface area contributed by atoms with E-state index in [2.05, 4.69) is 8.37 Å². The van der Waals surface area contributed by atoms with Crippen LogP contribution in [0.1, 0.15) is 0 Å². The zero-order valence-corrected chi connectivity index (χ0v) is 6.88. The van der Waals surface area contributed by atoms with Gasteiger partial charge in [0.1, 0.15) is 0 Å². The molecule has 9 heteroatoms. The van der Waals surface area contributed by atoms with Crippen LogP contribution in [-0.4, -0.2) is 34.6 Å². The third-order valence-electron chi connectivity index (χ3n) is 0.512. The topological polar surface area (TPSA) is 107 Å². The molecule has 7 nitrogen and oxygen atoms in total. The molecule has 0 aromatic rings. The minimum atomic E-state index is -4.50. The second kappa shape index (κ2) is 4.62. The number of hydrogen-bond donors (Lipinski definition) is 2. The Morgan fingerprint density at radius 2 is 1.82 bits per heavy atom. The van der Waals surface area contributed by atoms with E-state index in [1.54, 1.807) is 0 Å². The van der Waals surface area contributed by atoms with Gasteiger partial charge in [0, 0.05) is 0 Å². The van der Waals surface area contributed by atoms with Crippen LogP contribution in [0.2, 0.25) is 0 Å². The van der Waals surface area contributed by atoms with Crippen molar-refractivity contribution >= 4 is 21.4 Å². The van der Waals surface area contributed by atoms with Crippen LogP contribution in [0.4, 0.5) is 0 Å². The molecular weight excluding hydrogens is 200 g/mol. The molecule has 0 bridgehead atoms. The SMILES string of the molecule is O=[SH](=O)OCCOS(=O)(=O)O. The van der Waals surface area contributed by atoms with Gasteiger partial charge in [0.25, 0.3) is 11.0 Å². The first-order valence-electron chi connectivity index (χ1n) is 2.31. The first-order chi connectivity index (χ1) is 4.92. The smallest absolute Gasteiger partial charge is 0.270 e. The van der Waals surface area contributed by atoms with E-state index < -0.39 is 34.6 Å². The summed E-state index contributed by atoms with van der Waals surface area (Å²) < 4.78 is 54.5. The fraction of sp³-hybridized carbons (Fsp3) is 1.00. The van der Waals surface area contributed by atoms with Crippen molar-refractivity contribution in [2.24, 2.45) is 0 Å². The lowest BCUT2D eigenvalue weighted by atomic mass is 10.8. The molecule has 0 aliphatic heterocycles. The highest BCUT2D eigenvalue weighted by molar-refractivity contribution is 7.80. The largest absolute Gasteiger partial charge is 0.397 e. The molecule has 0 fully saturated rings. The molecule has 68 valence electrons. The minimum absolute atomic E-state index is 0.446. The summed E-state index contributed by atoms with van der Waals surface area (Å²) in [6, 6.07) is 0. The van der Waals surface area contributed by atoms with Crippen molar-refractivity contribution in [2.75, 3.05) is 13.2 Å². The highest BCUT2D eigenvalue weighted by Gasteiger charge is 2.02. The fourth-order valence-electron chi connectivity index (χ4n) is 0.251. The van der Waals surface area contributed by atoms with E-state index in [1.165, 1.54) is 0 Å². The summed E-state index contributed by atoms with van der Waals surface area (Å²) in [6.45, 7) is -0.985. The van der Waals surface area contributed by atoms with Crippen LogP contribution < -0.4 is 0 Å². The lowest BCUT2D eigenvalue weighted by Gasteiger charge is -1.95. The molecule has 0 amide bonds. The molecule has 0 rings (SSSR count). The Kier molecular flexibility index (Phi) is 4.52. The summed E-state index contributed by atoms with van der Waals surface area (Å²) in [4.78, 5) is 0. The first-order valence-corrected chi connectivity index (χ1v) is 4.77. The van der Waals surface area contributed by atoms with Crippen LogP contribution in [0.15, 0.2) is 0 Å². The van der Waals surface area contributed by atoms with Gasteiger partial charge in [-0.1, -0.05) is 0 Å². The van der Waals surface area contributed by atoms with Gasteiger partial charge in [0.15, 0.2) is 0 Å². The molecule has 0 unspecified atom stereocenters. The Balaban J connectivity index is 3.44. The Labute approximate surface area is 65.0 Å². The van der Waals surface area contributed by atoms with Crippen molar-refractivity contribution in [3.05, 3.63) is 0 Å². The zero-order chi connectivity index (χ0) is 8.91. The van der Waals surface area contributed by atoms with Gasteiger partial charge in [-0.05, 0) is 0 Å². The summed E-state index contributed by atoms with van der Waals surface area (Å²) in [5, 5.41) is 0. The zero-order valence-electron chi connectivity index (χ0n) is 5.17. The Bertz CT molecular complexity index is 252. The maximum absolute atomic E-state index is 9.80. The standard InChI is InChI=1S/C2H6O7S2/c3-10(4)8-1-2-9-11(5,6)7/h10H,1-2H2,(H,5,6,7). The van der Waals surface area contributed by atoms with Crippen LogP contribution in [-0.2, 0) is 29.8 Å². The maximum atomic E-state index is 9.80. The van der Waals surface area contributed by atoms with Crippen molar-refractivity contribution in [1.29, 1.82) is 0 Å². The molecule has 1 N–H and O–H groups in total. The van der Waals surface area contributed by atoms with Crippen LogP contribution >= 0.6 is 0 Å². The van der Waals surface area contributed by atoms with E-state index in [1.807, 2.05) is 0 Å². The quantitative estimate of drug-likeness (QED) is 0.315. The van der Waals surface area contributed by atoms with Gasteiger partial charge in [-0.2, -0.15) is 8.42 Å². The van der Waals surface area contributed by atoms with Gasteiger partial charge >= 0.3 is 10.4 Å². The van der Waals surface area contributed by atoms with Crippen LogP contribution in [0.5, 0.6) is 0 Å². The molecule has 0 atom stereocenters. The van der Waals surface area contributed by atoms with Gasteiger partial charge in [0.05, 0.1) is 13.2 Å². The molecule has 0 aromatic carbocycles. The van der Waals surface area contributed by atoms with Gasteiger partial charge < -0.3 is 0 Å². The molecule has 0 aliphatic carbocycles. The average molecular weight is 206 g/mol. The summed E-state index contributed by atoms with van der Waals surface area (Å²) in [5.74, 6) is 0. The molecule has 0 radical (unpaired) electrons. The monoisotopic (exact) mass is 206 g/mol. The number of thiol groups is 1. The summed E-state index contributed by atoms with van der Waals surface area (Å²) in [5.41, 5.74) is 0. The molecule has 0 aliphatic rings. The predicted molar refractivity (Wildman–Crippen MR) is 33.8 cm³/mol. The van der Waals surface area contributed by atoms with Gasteiger partial charge in [-0.3, -0.25) is 8.74 Å². The van der Waals surface area contributed by atoms with E-state index >= 15 is 0 Å². The molecule has 0 heterocycles. The third-order valence-corrected chi connectivity index (χ3v) is 1.37.